The van der Waals surface area contributed by atoms with Gasteiger partial charge in [0, 0.05) is 48.5 Å². The van der Waals surface area contributed by atoms with E-state index in [0.29, 0.717) is 5.69 Å². The van der Waals surface area contributed by atoms with Crippen molar-refractivity contribution < 1.29 is 8.76 Å². The summed E-state index contributed by atoms with van der Waals surface area (Å²) in [7, 11) is 0. The fraction of sp³-hybridized carbons (Fsp3) is 0.438. The smallest absolute Gasteiger partial charge is 0.129 e. The molecule has 1 atom stereocenters. The zero-order chi connectivity index (χ0) is 16.4. The summed E-state index contributed by atoms with van der Waals surface area (Å²) in [6, 6.07) is 7.51. The molecule has 0 saturated carbocycles. The number of aromatic nitrogens is 1. The molecule has 0 spiro atoms. The Kier molecular flexibility index (Phi) is 4.79. The summed E-state index contributed by atoms with van der Waals surface area (Å²) >= 11 is -2.31. The third kappa shape index (κ3) is 3.63. The van der Waals surface area contributed by atoms with Gasteiger partial charge in [-0.25, -0.2) is 4.98 Å². The lowest BCUT2D eigenvalue weighted by atomic mass is 10.1. The van der Waals surface area contributed by atoms with Crippen molar-refractivity contribution in [3.8, 4) is 0 Å². The summed E-state index contributed by atoms with van der Waals surface area (Å²) in [6.07, 6.45) is 0. The molecule has 2 aromatic rings. The Balaban J connectivity index is 1.88. The molecule has 7 heteroatoms. The number of piperazine rings is 1. The van der Waals surface area contributed by atoms with Crippen LogP contribution in [0.5, 0.6) is 0 Å². The molecule has 1 fully saturated rings. The van der Waals surface area contributed by atoms with E-state index in [1.807, 2.05) is 19.1 Å². The van der Waals surface area contributed by atoms with Crippen LogP contribution in [0.15, 0.2) is 24.3 Å². The van der Waals surface area contributed by atoms with Gasteiger partial charge in [-0.05, 0) is 43.3 Å². The van der Waals surface area contributed by atoms with Crippen LogP contribution in [0.3, 0.4) is 0 Å². The maximum atomic E-state index is 10.8. The molecule has 1 aliphatic heterocycles. The molecule has 1 N–H and O–H groups in total. The third-order valence-electron chi connectivity index (χ3n) is 4.35. The van der Waals surface area contributed by atoms with Crippen LogP contribution in [0.25, 0.3) is 10.9 Å². The summed E-state index contributed by atoms with van der Waals surface area (Å²) in [6.45, 7) is 9.42. The van der Waals surface area contributed by atoms with Crippen molar-refractivity contribution in [2.24, 2.45) is 0 Å². The number of hydrogen-bond acceptors (Lipinski definition) is 5. The van der Waals surface area contributed by atoms with E-state index in [1.165, 1.54) is 0 Å². The molecule has 1 aliphatic rings. The fourth-order valence-corrected chi connectivity index (χ4v) is 3.31. The van der Waals surface area contributed by atoms with E-state index in [-0.39, 0.29) is 0 Å². The minimum absolute atomic E-state index is 0.556. The highest BCUT2D eigenvalue weighted by Gasteiger charge is 2.17. The third-order valence-corrected chi connectivity index (χ3v) is 4.75. The summed E-state index contributed by atoms with van der Waals surface area (Å²) in [4.78, 5) is 9.51. The predicted molar refractivity (Wildman–Crippen MR) is 93.3 cm³/mol. The van der Waals surface area contributed by atoms with Crippen LogP contribution in [-0.4, -0.2) is 51.4 Å². The summed E-state index contributed by atoms with van der Waals surface area (Å²) in [5.74, 6) is 0.999. The quantitative estimate of drug-likeness (QED) is 0.865. The van der Waals surface area contributed by atoms with Crippen LogP contribution in [0.4, 0.5) is 11.5 Å². The number of pyridine rings is 1. The normalized spacial score (nSPS) is 17.4. The Bertz CT molecular complexity index is 729. The number of aryl methyl sites for hydroxylation is 1. The van der Waals surface area contributed by atoms with E-state index < -0.39 is 11.3 Å². The lowest BCUT2D eigenvalue weighted by Gasteiger charge is -2.35. The molecule has 3 rings (SSSR count). The lowest BCUT2D eigenvalue weighted by Crippen LogP contribution is -2.46. The van der Waals surface area contributed by atoms with Crippen molar-refractivity contribution in [1.29, 1.82) is 0 Å². The van der Waals surface area contributed by atoms with Crippen molar-refractivity contribution in [2.75, 3.05) is 42.3 Å². The number of nitrogens with one attached hydrogen (secondary N) is 1. The van der Waals surface area contributed by atoms with E-state index in [9.17, 15) is 8.76 Å². The van der Waals surface area contributed by atoms with E-state index in [2.05, 4.69) is 27.5 Å². The number of benzene rings is 1. The van der Waals surface area contributed by atoms with E-state index in [0.717, 1.165) is 55.0 Å². The first-order chi connectivity index (χ1) is 11.1. The fourth-order valence-electron chi connectivity index (χ4n) is 2.99. The van der Waals surface area contributed by atoms with Crippen molar-refractivity contribution in [3.05, 3.63) is 29.8 Å². The Morgan fingerprint density at radius 1 is 1.26 bits per heavy atom. The highest BCUT2D eigenvalue weighted by Crippen LogP contribution is 2.26. The molecular formula is C16H21N4O2S-. The average molecular weight is 333 g/mol. The van der Waals surface area contributed by atoms with Gasteiger partial charge in [0.15, 0.2) is 0 Å². The second-order valence-corrected chi connectivity index (χ2v) is 6.46. The number of rotatable bonds is 4. The Morgan fingerprint density at radius 3 is 2.65 bits per heavy atom. The Hall–Kier alpha value is -1.70. The molecule has 0 radical (unpaired) electrons. The Morgan fingerprint density at radius 2 is 2.00 bits per heavy atom. The van der Waals surface area contributed by atoms with Gasteiger partial charge in [-0.1, -0.05) is 6.92 Å². The van der Waals surface area contributed by atoms with Crippen LogP contribution in [0.2, 0.25) is 0 Å². The van der Waals surface area contributed by atoms with Crippen LogP contribution >= 0.6 is 0 Å². The van der Waals surface area contributed by atoms with Gasteiger partial charge in [0.05, 0.1) is 5.52 Å². The predicted octanol–water partition coefficient (Wildman–Crippen LogP) is 1.89. The monoisotopic (exact) mass is 333 g/mol. The maximum Gasteiger partial charge on any atom is 0.129 e. The first-order valence-corrected chi connectivity index (χ1v) is 8.89. The minimum atomic E-state index is -2.31. The molecule has 1 aromatic heterocycles. The zero-order valence-electron chi connectivity index (χ0n) is 13.4. The molecule has 0 amide bonds. The second kappa shape index (κ2) is 6.82. The van der Waals surface area contributed by atoms with Gasteiger partial charge in [0.25, 0.3) is 0 Å². The molecule has 124 valence electrons. The van der Waals surface area contributed by atoms with E-state index in [1.54, 1.807) is 6.07 Å². The molecule has 1 aromatic carbocycles. The number of likely N-dealkylation sites (N-methyl/N-ethyl adjacent to an activating group) is 1. The van der Waals surface area contributed by atoms with Crippen molar-refractivity contribution in [1.82, 2.24) is 9.88 Å². The van der Waals surface area contributed by atoms with E-state index >= 15 is 0 Å². The number of fused-ring (bicyclic) bond motifs is 1. The SMILES string of the molecule is CCN1CCN(c2cc(C)c3cc(NS(=O)[O-])ccc3n2)CC1. The van der Waals surface area contributed by atoms with Gasteiger partial charge < -0.3 is 19.1 Å². The molecule has 0 aliphatic carbocycles. The largest absolute Gasteiger partial charge is 0.755 e. The average Bonchev–Trinajstić information content (AvgIpc) is 2.55. The van der Waals surface area contributed by atoms with Crippen molar-refractivity contribution in [3.63, 3.8) is 0 Å². The van der Waals surface area contributed by atoms with Gasteiger partial charge in [-0.2, -0.15) is 0 Å². The lowest BCUT2D eigenvalue weighted by molar-refractivity contribution is 0.270. The first-order valence-electron chi connectivity index (χ1n) is 7.81. The summed E-state index contributed by atoms with van der Waals surface area (Å²) in [5, 5.41) is 0.969. The first kappa shape index (κ1) is 16.2. The topological polar surface area (TPSA) is 71.5 Å². The number of anilines is 2. The zero-order valence-corrected chi connectivity index (χ0v) is 14.2. The van der Waals surface area contributed by atoms with Crippen LogP contribution in [0.1, 0.15) is 12.5 Å². The van der Waals surface area contributed by atoms with Gasteiger partial charge >= 0.3 is 0 Å². The second-order valence-electron chi connectivity index (χ2n) is 5.79. The number of hydrogen-bond donors (Lipinski definition) is 1. The minimum Gasteiger partial charge on any atom is -0.755 e. The highest BCUT2D eigenvalue weighted by molar-refractivity contribution is 7.80. The molecular weight excluding hydrogens is 312 g/mol. The maximum absolute atomic E-state index is 10.8. The summed E-state index contributed by atoms with van der Waals surface area (Å²) in [5.41, 5.74) is 2.54. The van der Waals surface area contributed by atoms with E-state index in [4.69, 9.17) is 4.98 Å². The van der Waals surface area contributed by atoms with Crippen molar-refractivity contribution >= 4 is 33.7 Å². The van der Waals surface area contributed by atoms with Gasteiger partial charge in [-0.3, -0.25) is 4.21 Å². The molecule has 6 nitrogen and oxygen atoms in total. The van der Waals surface area contributed by atoms with Crippen LogP contribution in [-0.2, 0) is 11.3 Å². The van der Waals surface area contributed by atoms with Gasteiger partial charge in [-0.15, -0.1) is 0 Å². The van der Waals surface area contributed by atoms with Crippen LogP contribution < -0.4 is 9.62 Å². The standard InChI is InChI=1S/C16H22N4O2S/c1-3-19-6-8-20(9-7-19)16-10-12(2)14-11-13(18-23(21)22)4-5-15(14)17-16/h4-5,10-11,18H,3,6-9H2,1-2H3,(H,21,22)/p-1. The number of nitrogens with zero attached hydrogens (tertiary/aromatic N) is 3. The molecule has 1 unspecified atom stereocenters. The molecule has 23 heavy (non-hydrogen) atoms. The van der Waals surface area contributed by atoms with Crippen molar-refractivity contribution in [2.45, 2.75) is 13.8 Å². The highest BCUT2D eigenvalue weighted by atomic mass is 32.2. The van der Waals surface area contributed by atoms with Gasteiger partial charge in [0.2, 0.25) is 0 Å². The van der Waals surface area contributed by atoms with Gasteiger partial charge in [0.1, 0.15) is 5.82 Å². The molecule has 1 saturated heterocycles. The Labute approximate surface area is 138 Å². The summed E-state index contributed by atoms with van der Waals surface area (Å²) < 4.78 is 23.9. The van der Waals surface area contributed by atoms with Crippen LogP contribution in [0, 0.1) is 6.92 Å². The molecule has 2 heterocycles. The molecule has 0 bridgehead atoms.